The van der Waals surface area contributed by atoms with Crippen molar-refractivity contribution in [1.82, 2.24) is 4.90 Å². The van der Waals surface area contributed by atoms with Crippen LogP contribution in [-0.4, -0.2) is 56.9 Å². The van der Waals surface area contributed by atoms with E-state index in [0.29, 0.717) is 0 Å². The smallest absolute Gasteiger partial charge is 0.390 e. The van der Waals surface area contributed by atoms with E-state index in [1.54, 1.807) is 0 Å². The molecule has 0 fully saturated rings. The molecule has 0 saturated carbocycles. The molecule has 0 spiro atoms. The minimum atomic E-state index is -4.34. The summed E-state index contributed by atoms with van der Waals surface area (Å²) in [5.41, 5.74) is 0. The maximum absolute atomic E-state index is 12.0. The molecular formula is C9H14F3NO4. The maximum Gasteiger partial charge on any atom is 0.390 e. The average Bonchev–Trinajstić information content (AvgIpc) is 2.24. The summed E-state index contributed by atoms with van der Waals surface area (Å²) in [5, 5.41) is 0. The predicted molar refractivity (Wildman–Crippen MR) is 51.1 cm³/mol. The van der Waals surface area contributed by atoms with E-state index in [-0.39, 0.29) is 13.1 Å². The van der Waals surface area contributed by atoms with Crippen LogP contribution in [0.25, 0.3) is 0 Å². The number of halogens is 3. The van der Waals surface area contributed by atoms with Gasteiger partial charge in [-0.15, -0.1) is 0 Å². The molecule has 5 nitrogen and oxygen atoms in total. The third kappa shape index (κ3) is 8.49. The second kappa shape index (κ2) is 7.10. The van der Waals surface area contributed by atoms with Gasteiger partial charge in [-0.3, -0.25) is 14.5 Å². The van der Waals surface area contributed by atoms with Gasteiger partial charge in [0.2, 0.25) is 0 Å². The molecule has 8 heteroatoms. The number of ether oxygens (including phenoxy) is 2. The van der Waals surface area contributed by atoms with Crippen molar-refractivity contribution in [2.45, 2.75) is 12.6 Å². The maximum atomic E-state index is 12.0. The molecule has 0 saturated heterocycles. The van der Waals surface area contributed by atoms with Gasteiger partial charge in [-0.25, -0.2) is 0 Å². The van der Waals surface area contributed by atoms with Gasteiger partial charge in [0, 0.05) is 6.54 Å². The van der Waals surface area contributed by atoms with E-state index >= 15 is 0 Å². The quantitative estimate of drug-likeness (QED) is 0.652. The summed E-state index contributed by atoms with van der Waals surface area (Å²) in [5.74, 6) is -1.42. The van der Waals surface area contributed by atoms with Gasteiger partial charge in [0.15, 0.2) is 0 Å². The number of rotatable bonds is 6. The van der Waals surface area contributed by atoms with E-state index in [2.05, 4.69) is 9.47 Å². The van der Waals surface area contributed by atoms with Crippen LogP contribution in [0.3, 0.4) is 0 Å². The highest BCUT2D eigenvalue weighted by Crippen LogP contribution is 2.19. The average molecular weight is 257 g/mol. The minimum Gasteiger partial charge on any atom is -0.468 e. The van der Waals surface area contributed by atoms with Crippen molar-refractivity contribution in [1.29, 1.82) is 0 Å². The second-order valence-corrected chi connectivity index (χ2v) is 3.23. The van der Waals surface area contributed by atoms with Crippen LogP contribution in [0.15, 0.2) is 0 Å². The van der Waals surface area contributed by atoms with Crippen molar-refractivity contribution in [3.05, 3.63) is 0 Å². The minimum absolute atomic E-state index is 0.387. The summed E-state index contributed by atoms with van der Waals surface area (Å²) in [6.45, 7) is -1.24. The summed E-state index contributed by atoms with van der Waals surface area (Å²) in [7, 11) is 2.23. The lowest BCUT2D eigenvalue weighted by Crippen LogP contribution is -2.37. The summed E-state index contributed by atoms with van der Waals surface area (Å²) in [6.07, 6.45) is -5.45. The third-order valence-corrected chi connectivity index (χ3v) is 1.87. The highest BCUT2D eigenvalue weighted by molar-refractivity contribution is 5.74. The standard InChI is InChI=1S/C9H14F3NO4/c1-16-7(14)5-13(6-8(15)17-2)4-3-9(10,11)12/h3-6H2,1-2H3. The SMILES string of the molecule is COC(=O)CN(CCC(F)(F)F)CC(=O)OC. The lowest BCUT2D eigenvalue weighted by Gasteiger charge is -2.20. The molecule has 0 unspecified atom stereocenters. The van der Waals surface area contributed by atoms with Crippen LogP contribution in [0.5, 0.6) is 0 Å². The molecule has 0 aromatic rings. The summed E-state index contributed by atoms with van der Waals surface area (Å²) < 4.78 is 44.6. The first kappa shape index (κ1) is 15.7. The summed E-state index contributed by atoms with van der Waals surface area (Å²) >= 11 is 0. The Hall–Kier alpha value is -1.31. The first-order valence-corrected chi connectivity index (χ1v) is 4.71. The fraction of sp³-hybridized carbons (Fsp3) is 0.778. The van der Waals surface area contributed by atoms with Crippen molar-refractivity contribution < 1.29 is 32.2 Å². The molecule has 0 N–H and O–H groups in total. The van der Waals surface area contributed by atoms with Crippen LogP contribution in [0.1, 0.15) is 6.42 Å². The first-order chi connectivity index (χ1) is 7.78. The number of carbonyl (C=O) groups is 2. The normalized spacial score (nSPS) is 11.4. The van der Waals surface area contributed by atoms with Crippen molar-refractivity contribution in [3.8, 4) is 0 Å². The predicted octanol–water partition coefficient (Wildman–Crippen LogP) is 0.587. The van der Waals surface area contributed by atoms with Crippen molar-refractivity contribution >= 4 is 11.9 Å². The largest absolute Gasteiger partial charge is 0.468 e. The molecule has 0 aromatic heterocycles. The number of hydrogen-bond donors (Lipinski definition) is 0. The van der Waals surface area contributed by atoms with Gasteiger partial charge >= 0.3 is 18.1 Å². The molecule has 0 atom stereocenters. The molecular weight excluding hydrogens is 243 g/mol. The Bertz CT molecular complexity index is 249. The highest BCUT2D eigenvalue weighted by atomic mass is 19.4. The topological polar surface area (TPSA) is 55.8 Å². The molecule has 0 bridgehead atoms. The zero-order valence-electron chi connectivity index (χ0n) is 9.54. The van der Waals surface area contributed by atoms with Crippen LogP contribution >= 0.6 is 0 Å². The number of esters is 2. The molecule has 0 radical (unpaired) electrons. The van der Waals surface area contributed by atoms with E-state index in [1.807, 2.05) is 0 Å². The molecule has 100 valence electrons. The van der Waals surface area contributed by atoms with Crippen molar-refractivity contribution in [2.75, 3.05) is 33.9 Å². The van der Waals surface area contributed by atoms with E-state index < -0.39 is 31.1 Å². The Labute approximate surface area is 96.5 Å². The van der Waals surface area contributed by atoms with E-state index in [0.717, 1.165) is 19.1 Å². The highest BCUT2D eigenvalue weighted by Gasteiger charge is 2.28. The fourth-order valence-corrected chi connectivity index (χ4v) is 0.993. The molecule has 0 aliphatic rings. The Morgan fingerprint density at radius 3 is 1.76 bits per heavy atom. The summed E-state index contributed by atoms with van der Waals surface area (Å²) in [6, 6.07) is 0. The third-order valence-electron chi connectivity index (χ3n) is 1.87. The van der Waals surface area contributed by atoms with Crippen molar-refractivity contribution in [2.24, 2.45) is 0 Å². The Morgan fingerprint density at radius 2 is 1.47 bits per heavy atom. The fourth-order valence-electron chi connectivity index (χ4n) is 0.993. The lowest BCUT2D eigenvalue weighted by atomic mass is 10.3. The number of nitrogens with zero attached hydrogens (tertiary/aromatic N) is 1. The van der Waals surface area contributed by atoms with Crippen LogP contribution in [0.4, 0.5) is 13.2 Å². The monoisotopic (exact) mass is 257 g/mol. The van der Waals surface area contributed by atoms with Gasteiger partial charge in [-0.2, -0.15) is 13.2 Å². The molecule has 0 rings (SSSR count). The molecule has 0 amide bonds. The Morgan fingerprint density at radius 1 is 1.06 bits per heavy atom. The van der Waals surface area contributed by atoms with E-state index in [1.165, 1.54) is 0 Å². The molecule has 0 aromatic carbocycles. The molecule has 0 aliphatic heterocycles. The van der Waals surface area contributed by atoms with Crippen LogP contribution < -0.4 is 0 Å². The van der Waals surface area contributed by atoms with Gasteiger partial charge in [-0.05, 0) is 0 Å². The number of methoxy groups -OCH3 is 2. The Kier molecular flexibility index (Phi) is 6.55. The Balaban J connectivity index is 4.29. The van der Waals surface area contributed by atoms with Crippen LogP contribution in [0, 0.1) is 0 Å². The lowest BCUT2D eigenvalue weighted by molar-refractivity contribution is -0.152. The van der Waals surface area contributed by atoms with Gasteiger partial charge < -0.3 is 9.47 Å². The first-order valence-electron chi connectivity index (χ1n) is 4.71. The molecule has 0 aliphatic carbocycles. The van der Waals surface area contributed by atoms with E-state index in [9.17, 15) is 22.8 Å². The second-order valence-electron chi connectivity index (χ2n) is 3.23. The number of alkyl halides is 3. The van der Waals surface area contributed by atoms with Gasteiger partial charge in [0.25, 0.3) is 0 Å². The summed E-state index contributed by atoms with van der Waals surface area (Å²) in [4.78, 5) is 22.9. The zero-order valence-corrected chi connectivity index (χ0v) is 9.54. The van der Waals surface area contributed by atoms with Crippen LogP contribution in [-0.2, 0) is 19.1 Å². The van der Waals surface area contributed by atoms with Gasteiger partial charge in [-0.1, -0.05) is 0 Å². The van der Waals surface area contributed by atoms with Crippen LogP contribution in [0.2, 0.25) is 0 Å². The van der Waals surface area contributed by atoms with Gasteiger partial charge in [0.05, 0.1) is 33.7 Å². The van der Waals surface area contributed by atoms with E-state index in [4.69, 9.17) is 0 Å². The molecule has 17 heavy (non-hydrogen) atoms. The molecule has 0 heterocycles. The van der Waals surface area contributed by atoms with Crippen molar-refractivity contribution in [3.63, 3.8) is 0 Å². The number of hydrogen-bond acceptors (Lipinski definition) is 5. The van der Waals surface area contributed by atoms with Gasteiger partial charge in [0.1, 0.15) is 0 Å². The number of carbonyl (C=O) groups excluding carboxylic acids is 2. The zero-order chi connectivity index (χ0) is 13.5.